The Morgan fingerprint density at radius 1 is 1.44 bits per heavy atom. The van der Waals surface area contributed by atoms with Crippen LogP contribution in [0.15, 0.2) is 6.07 Å². The molecule has 0 aromatic carbocycles. The monoisotopic (exact) mass is 237 g/mol. The standard InChI is InChI=1S/C10H12ClN5/c1-3-6-5(2)9(16-15-6)7-4-8(11)14-10(12)13-7/h4H,3H2,1-2H3,(H,15,16)(H2,12,13,14). The van der Waals surface area contributed by atoms with Crippen LogP contribution in [0.2, 0.25) is 5.15 Å². The first-order valence-corrected chi connectivity index (χ1v) is 5.34. The van der Waals surface area contributed by atoms with E-state index in [1.165, 1.54) is 0 Å². The molecule has 5 nitrogen and oxygen atoms in total. The van der Waals surface area contributed by atoms with Crippen LogP contribution in [0, 0.1) is 6.92 Å². The first-order chi connectivity index (χ1) is 7.61. The molecule has 2 rings (SSSR count). The molecule has 0 saturated heterocycles. The highest BCUT2D eigenvalue weighted by Gasteiger charge is 2.12. The van der Waals surface area contributed by atoms with Gasteiger partial charge < -0.3 is 5.73 Å². The lowest BCUT2D eigenvalue weighted by Gasteiger charge is -2.00. The van der Waals surface area contributed by atoms with Gasteiger partial charge in [-0.25, -0.2) is 9.97 Å². The first kappa shape index (κ1) is 10.9. The Kier molecular flexibility index (Phi) is 2.78. The van der Waals surface area contributed by atoms with Crippen LogP contribution in [0.5, 0.6) is 0 Å². The molecule has 2 aromatic rings. The molecule has 0 amide bonds. The van der Waals surface area contributed by atoms with Gasteiger partial charge in [0, 0.05) is 11.8 Å². The minimum Gasteiger partial charge on any atom is -0.368 e. The fourth-order valence-electron chi connectivity index (χ4n) is 1.58. The van der Waals surface area contributed by atoms with Gasteiger partial charge in [0.25, 0.3) is 0 Å². The van der Waals surface area contributed by atoms with Crippen molar-refractivity contribution in [2.24, 2.45) is 0 Å². The van der Waals surface area contributed by atoms with Crippen LogP contribution in [-0.2, 0) is 6.42 Å². The van der Waals surface area contributed by atoms with Crippen molar-refractivity contribution in [3.8, 4) is 11.4 Å². The number of hydrogen-bond acceptors (Lipinski definition) is 4. The van der Waals surface area contributed by atoms with Crippen molar-refractivity contribution < 1.29 is 0 Å². The number of rotatable bonds is 2. The van der Waals surface area contributed by atoms with Crippen LogP contribution in [0.4, 0.5) is 5.95 Å². The van der Waals surface area contributed by atoms with Gasteiger partial charge in [-0.3, -0.25) is 5.10 Å². The average molecular weight is 238 g/mol. The summed E-state index contributed by atoms with van der Waals surface area (Å²) in [6.07, 6.45) is 0.896. The van der Waals surface area contributed by atoms with Gasteiger partial charge in [-0.15, -0.1) is 0 Å². The van der Waals surface area contributed by atoms with Gasteiger partial charge >= 0.3 is 0 Å². The SMILES string of the molecule is CCc1[nH]nc(-c2cc(Cl)nc(N)n2)c1C. The Hall–Kier alpha value is -1.62. The molecule has 0 aliphatic carbocycles. The molecule has 3 N–H and O–H groups in total. The molecular weight excluding hydrogens is 226 g/mol. The number of halogens is 1. The molecule has 0 aliphatic rings. The Labute approximate surface area is 98.1 Å². The van der Waals surface area contributed by atoms with Crippen molar-refractivity contribution in [1.29, 1.82) is 0 Å². The summed E-state index contributed by atoms with van der Waals surface area (Å²) in [5, 5.41) is 7.50. The number of H-pyrrole nitrogens is 1. The zero-order chi connectivity index (χ0) is 11.7. The number of nitrogens with one attached hydrogen (secondary N) is 1. The van der Waals surface area contributed by atoms with Crippen LogP contribution >= 0.6 is 11.6 Å². The van der Waals surface area contributed by atoms with E-state index in [0.29, 0.717) is 10.8 Å². The highest BCUT2D eigenvalue weighted by molar-refractivity contribution is 6.29. The maximum atomic E-state index is 5.82. The maximum Gasteiger partial charge on any atom is 0.222 e. The van der Waals surface area contributed by atoms with Crippen LogP contribution in [0.3, 0.4) is 0 Å². The van der Waals surface area contributed by atoms with Crippen LogP contribution < -0.4 is 5.73 Å². The number of aryl methyl sites for hydroxylation is 1. The molecule has 0 saturated carbocycles. The lowest BCUT2D eigenvalue weighted by molar-refractivity contribution is 0.968. The van der Waals surface area contributed by atoms with E-state index in [4.69, 9.17) is 17.3 Å². The van der Waals surface area contributed by atoms with Crippen molar-refractivity contribution in [2.75, 3.05) is 5.73 Å². The molecule has 0 unspecified atom stereocenters. The summed E-state index contributed by atoms with van der Waals surface area (Å²) in [4.78, 5) is 7.92. The number of aromatic amines is 1. The highest BCUT2D eigenvalue weighted by Crippen LogP contribution is 2.23. The summed E-state index contributed by atoms with van der Waals surface area (Å²) in [6, 6.07) is 1.65. The van der Waals surface area contributed by atoms with Crippen molar-refractivity contribution in [2.45, 2.75) is 20.3 Å². The molecule has 0 radical (unpaired) electrons. The second-order valence-electron chi connectivity index (χ2n) is 3.46. The summed E-state index contributed by atoms with van der Waals surface area (Å²) in [5.74, 6) is 0.156. The van der Waals surface area contributed by atoms with Crippen LogP contribution in [-0.4, -0.2) is 20.2 Å². The van der Waals surface area contributed by atoms with Gasteiger partial charge in [0.15, 0.2) is 0 Å². The average Bonchev–Trinajstić information content (AvgIpc) is 2.58. The predicted octanol–water partition coefficient (Wildman–Crippen LogP) is 1.97. The van der Waals surface area contributed by atoms with Gasteiger partial charge in [-0.2, -0.15) is 5.10 Å². The van der Waals surface area contributed by atoms with E-state index in [0.717, 1.165) is 23.4 Å². The van der Waals surface area contributed by atoms with E-state index in [2.05, 4.69) is 27.1 Å². The van der Waals surface area contributed by atoms with Crippen molar-refractivity contribution in [3.63, 3.8) is 0 Å². The molecule has 2 aromatic heterocycles. The third-order valence-corrected chi connectivity index (χ3v) is 2.61. The second-order valence-corrected chi connectivity index (χ2v) is 3.85. The van der Waals surface area contributed by atoms with Crippen molar-refractivity contribution >= 4 is 17.5 Å². The maximum absolute atomic E-state index is 5.82. The van der Waals surface area contributed by atoms with Crippen LogP contribution in [0.1, 0.15) is 18.2 Å². The van der Waals surface area contributed by atoms with E-state index in [-0.39, 0.29) is 5.95 Å². The first-order valence-electron chi connectivity index (χ1n) is 4.96. The molecule has 0 aliphatic heterocycles. The molecule has 0 fully saturated rings. The number of aromatic nitrogens is 4. The molecule has 0 atom stereocenters. The minimum atomic E-state index is 0.156. The van der Waals surface area contributed by atoms with Crippen molar-refractivity contribution in [1.82, 2.24) is 20.2 Å². The lowest BCUT2D eigenvalue weighted by Crippen LogP contribution is -1.97. The van der Waals surface area contributed by atoms with Gasteiger partial charge in [0.05, 0.1) is 5.69 Å². The normalized spacial score (nSPS) is 10.7. The molecule has 6 heteroatoms. The lowest BCUT2D eigenvalue weighted by atomic mass is 10.1. The van der Waals surface area contributed by atoms with Gasteiger partial charge in [0.2, 0.25) is 5.95 Å². The zero-order valence-electron chi connectivity index (χ0n) is 9.08. The zero-order valence-corrected chi connectivity index (χ0v) is 9.84. The summed E-state index contributed by atoms with van der Waals surface area (Å²) >= 11 is 5.82. The molecule has 16 heavy (non-hydrogen) atoms. The topological polar surface area (TPSA) is 80.5 Å². The third kappa shape index (κ3) is 1.86. The van der Waals surface area contributed by atoms with E-state index in [1.807, 2.05) is 6.92 Å². The third-order valence-electron chi connectivity index (χ3n) is 2.42. The molecule has 0 spiro atoms. The van der Waals surface area contributed by atoms with Gasteiger partial charge in [-0.1, -0.05) is 18.5 Å². The Morgan fingerprint density at radius 2 is 2.19 bits per heavy atom. The van der Waals surface area contributed by atoms with Crippen molar-refractivity contribution in [3.05, 3.63) is 22.5 Å². The summed E-state index contributed by atoms with van der Waals surface area (Å²) in [6.45, 7) is 4.05. The predicted molar refractivity (Wildman–Crippen MR) is 63.2 cm³/mol. The number of hydrogen-bond donors (Lipinski definition) is 2. The molecule has 84 valence electrons. The van der Waals surface area contributed by atoms with Gasteiger partial charge in [-0.05, 0) is 18.9 Å². The summed E-state index contributed by atoms with van der Waals surface area (Å²) in [5.41, 5.74) is 9.11. The number of nitrogens with zero attached hydrogens (tertiary/aromatic N) is 3. The fraction of sp³-hybridized carbons (Fsp3) is 0.300. The highest BCUT2D eigenvalue weighted by atomic mass is 35.5. The molecular formula is C10H12ClN5. The van der Waals surface area contributed by atoms with E-state index in [9.17, 15) is 0 Å². The second kappa shape index (κ2) is 4.09. The summed E-state index contributed by atoms with van der Waals surface area (Å²) < 4.78 is 0. The smallest absolute Gasteiger partial charge is 0.222 e. The molecule has 0 bridgehead atoms. The number of anilines is 1. The molecule has 2 heterocycles. The van der Waals surface area contributed by atoms with E-state index in [1.54, 1.807) is 6.07 Å². The number of nitrogens with two attached hydrogens (primary N) is 1. The minimum absolute atomic E-state index is 0.156. The van der Waals surface area contributed by atoms with E-state index < -0.39 is 0 Å². The van der Waals surface area contributed by atoms with E-state index >= 15 is 0 Å². The Balaban J connectivity index is 2.54. The summed E-state index contributed by atoms with van der Waals surface area (Å²) in [7, 11) is 0. The fourth-order valence-corrected chi connectivity index (χ4v) is 1.77. The Bertz CT molecular complexity index is 500. The van der Waals surface area contributed by atoms with Gasteiger partial charge in [0.1, 0.15) is 10.8 Å². The van der Waals surface area contributed by atoms with Crippen LogP contribution in [0.25, 0.3) is 11.4 Å². The Morgan fingerprint density at radius 3 is 2.75 bits per heavy atom. The number of nitrogen functional groups attached to an aromatic ring is 1. The quantitative estimate of drug-likeness (QED) is 0.783. The largest absolute Gasteiger partial charge is 0.368 e.